The Hall–Kier alpha value is -0.550. The molecule has 0 atom stereocenters. The van der Waals surface area contributed by atoms with Gasteiger partial charge in [0, 0.05) is 13.6 Å². The number of nitrogens with zero attached hydrogens (tertiary/aromatic N) is 3. The van der Waals surface area contributed by atoms with Gasteiger partial charge in [0.15, 0.2) is 0 Å². The molecule has 0 radical (unpaired) electrons. The summed E-state index contributed by atoms with van der Waals surface area (Å²) in [6.07, 6.45) is 3.84. The van der Waals surface area contributed by atoms with E-state index in [2.05, 4.69) is 32.8 Å². The van der Waals surface area contributed by atoms with E-state index in [-0.39, 0.29) is 0 Å². The molecule has 0 saturated carbocycles. The molecule has 0 saturated heterocycles. The van der Waals surface area contributed by atoms with E-state index in [9.17, 15) is 0 Å². The van der Waals surface area contributed by atoms with Crippen molar-refractivity contribution >= 4 is 39.7 Å². The number of pyridine rings is 1. The predicted molar refractivity (Wildman–Crippen MR) is 74.9 cm³/mol. The van der Waals surface area contributed by atoms with Gasteiger partial charge in [-0.15, -0.1) is 11.8 Å². The fourth-order valence-corrected chi connectivity index (χ4v) is 2.34. The van der Waals surface area contributed by atoms with Crippen molar-refractivity contribution in [3.8, 4) is 0 Å². The van der Waals surface area contributed by atoms with Gasteiger partial charge in [-0.2, -0.15) is 0 Å². The largest absolute Gasteiger partial charge is 0.366 e. The van der Waals surface area contributed by atoms with E-state index in [1.165, 1.54) is 0 Å². The van der Waals surface area contributed by atoms with Crippen molar-refractivity contribution in [1.29, 1.82) is 0 Å². The Labute approximate surface area is 109 Å². The quantitative estimate of drug-likeness (QED) is 0.484. The first kappa shape index (κ1) is 13.5. The lowest BCUT2D eigenvalue weighted by molar-refractivity contribution is 0.552. The maximum Gasteiger partial charge on any atom is 0.110 e. The molecule has 1 aromatic rings. The van der Waals surface area contributed by atoms with Crippen LogP contribution in [0.1, 0.15) is 12.6 Å². The molecule has 1 rings (SSSR count). The molecular weight excluding hydrogens is 286 g/mol. The summed E-state index contributed by atoms with van der Waals surface area (Å²) in [6, 6.07) is 2.01. The lowest BCUT2D eigenvalue weighted by atomic mass is 10.3. The number of rotatable bonds is 4. The number of aryl methyl sites for hydroxylation is 1. The first-order valence-electron chi connectivity index (χ1n) is 5.04. The molecule has 1 heterocycles. The second-order valence-corrected chi connectivity index (χ2v) is 5.05. The van der Waals surface area contributed by atoms with Gasteiger partial charge in [0.2, 0.25) is 0 Å². The summed E-state index contributed by atoms with van der Waals surface area (Å²) in [4.78, 5) is 10.9. The fourth-order valence-electron chi connectivity index (χ4n) is 1.07. The van der Waals surface area contributed by atoms with Crippen molar-refractivity contribution in [2.75, 3.05) is 19.8 Å². The number of hydrogen-bond acceptors (Lipinski definition) is 3. The Morgan fingerprint density at radius 2 is 2.31 bits per heavy atom. The smallest absolute Gasteiger partial charge is 0.110 e. The Balaban J connectivity index is 2.98. The van der Waals surface area contributed by atoms with E-state index in [1.807, 2.05) is 37.5 Å². The minimum absolute atomic E-state index is 0.907. The molecule has 16 heavy (non-hydrogen) atoms. The van der Waals surface area contributed by atoms with Gasteiger partial charge < -0.3 is 4.90 Å². The summed E-state index contributed by atoms with van der Waals surface area (Å²) in [5, 5.41) is 1.00. The zero-order chi connectivity index (χ0) is 12.1. The maximum atomic E-state index is 4.48. The zero-order valence-corrected chi connectivity index (χ0v) is 12.4. The second kappa shape index (κ2) is 6.25. The van der Waals surface area contributed by atoms with Crippen LogP contribution in [0.3, 0.4) is 0 Å². The number of hydrogen-bond donors (Lipinski definition) is 0. The molecule has 3 nitrogen and oxygen atoms in total. The Kier molecular flexibility index (Phi) is 5.28. The van der Waals surface area contributed by atoms with Crippen LogP contribution in [0.4, 0.5) is 5.69 Å². The Morgan fingerprint density at radius 3 is 2.88 bits per heavy atom. The molecule has 0 amide bonds. The molecule has 0 aliphatic heterocycles. The normalized spacial score (nSPS) is 11.1. The topological polar surface area (TPSA) is 28.5 Å². The second-order valence-electron chi connectivity index (χ2n) is 3.40. The molecule has 1 aromatic heterocycles. The highest BCUT2D eigenvalue weighted by Crippen LogP contribution is 2.29. The third-order valence-corrected chi connectivity index (χ3v) is 3.76. The zero-order valence-electron chi connectivity index (χ0n) is 9.99. The van der Waals surface area contributed by atoms with Crippen molar-refractivity contribution in [1.82, 2.24) is 9.88 Å². The van der Waals surface area contributed by atoms with Crippen LogP contribution in [0.5, 0.6) is 0 Å². The van der Waals surface area contributed by atoms with Gasteiger partial charge in [0.1, 0.15) is 5.03 Å². The average molecular weight is 302 g/mol. The van der Waals surface area contributed by atoms with E-state index >= 15 is 0 Å². The van der Waals surface area contributed by atoms with Crippen molar-refractivity contribution < 1.29 is 0 Å². The lowest BCUT2D eigenvalue weighted by Crippen LogP contribution is -2.14. The van der Waals surface area contributed by atoms with Gasteiger partial charge >= 0.3 is 0 Å². The highest BCUT2D eigenvalue weighted by Gasteiger charge is 2.05. The van der Waals surface area contributed by atoms with Crippen LogP contribution in [-0.4, -0.2) is 36.1 Å². The molecule has 0 unspecified atom stereocenters. The summed E-state index contributed by atoms with van der Waals surface area (Å²) in [5.74, 6) is 0. The molecule has 0 N–H and O–H groups in total. The summed E-state index contributed by atoms with van der Waals surface area (Å²) >= 11 is 5.12. The Bertz CT molecular complexity index is 393. The van der Waals surface area contributed by atoms with Crippen molar-refractivity contribution in [2.24, 2.45) is 4.99 Å². The van der Waals surface area contributed by atoms with Crippen LogP contribution < -0.4 is 0 Å². The monoisotopic (exact) mass is 301 g/mol. The van der Waals surface area contributed by atoms with Crippen LogP contribution in [0.2, 0.25) is 0 Å². The van der Waals surface area contributed by atoms with E-state index in [1.54, 1.807) is 11.8 Å². The molecule has 0 bridgehead atoms. The predicted octanol–water partition coefficient (Wildman–Crippen LogP) is 3.49. The van der Waals surface area contributed by atoms with Crippen LogP contribution in [0.15, 0.2) is 20.6 Å². The van der Waals surface area contributed by atoms with Crippen molar-refractivity contribution in [2.45, 2.75) is 18.9 Å². The minimum Gasteiger partial charge on any atom is -0.366 e. The number of halogens is 1. The summed E-state index contributed by atoms with van der Waals surface area (Å²) < 4.78 is 0.997. The van der Waals surface area contributed by atoms with Gasteiger partial charge in [0.05, 0.1) is 22.2 Å². The standard InChI is InChI=1S/C11H16BrN3S/c1-5-15(3)7-13-10-6-9(12)11(16-4)14-8(10)2/h6-7H,5H2,1-4H3. The fraction of sp³-hybridized carbons (Fsp3) is 0.455. The first-order chi connectivity index (χ1) is 7.58. The highest BCUT2D eigenvalue weighted by atomic mass is 79.9. The number of aromatic nitrogens is 1. The van der Waals surface area contributed by atoms with Gasteiger partial charge in [0.25, 0.3) is 0 Å². The maximum absolute atomic E-state index is 4.48. The highest BCUT2D eigenvalue weighted by molar-refractivity contribution is 9.10. The van der Waals surface area contributed by atoms with E-state index in [0.29, 0.717) is 0 Å². The van der Waals surface area contributed by atoms with E-state index in [0.717, 1.165) is 27.4 Å². The lowest BCUT2D eigenvalue weighted by Gasteiger charge is -2.09. The van der Waals surface area contributed by atoms with Gasteiger partial charge in [-0.25, -0.2) is 9.98 Å². The minimum atomic E-state index is 0.907. The van der Waals surface area contributed by atoms with E-state index < -0.39 is 0 Å². The average Bonchev–Trinajstić information content (AvgIpc) is 2.29. The third-order valence-electron chi connectivity index (χ3n) is 2.19. The van der Waals surface area contributed by atoms with Crippen LogP contribution in [-0.2, 0) is 0 Å². The van der Waals surface area contributed by atoms with E-state index in [4.69, 9.17) is 0 Å². The van der Waals surface area contributed by atoms with Crippen LogP contribution in [0.25, 0.3) is 0 Å². The molecule has 0 fully saturated rings. The van der Waals surface area contributed by atoms with Crippen molar-refractivity contribution in [3.05, 3.63) is 16.2 Å². The van der Waals surface area contributed by atoms with Crippen LogP contribution >= 0.6 is 27.7 Å². The summed E-state index contributed by atoms with van der Waals surface area (Å²) in [6.45, 7) is 5.01. The summed E-state index contributed by atoms with van der Waals surface area (Å²) in [5.41, 5.74) is 1.86. The van der Waals surface area contributed by atoms with Gasteiger partial charge in [-0.05, 0) is 42.1 Å². The molecule has 0 spiro atoms. The number of aliphatic imine (C=N–C) groups is 1. The molecule has 5 heteroatoms. The molecule has 0 aliphatic carbocycles. The first-order valence-corrected chi connectivity index (χ1v) is 7.05. The molecule has 0 aliphatic rings. The SMILES string of the molecule is CCN(C)C=Nc1cc(Br)c(SC)nc1C. The van der Waals surface area contributed by atoms with Crippen LogP contribution in [0, 0.1) is 6.92 Å². The number of thioether (sulfide) groups is 1. The van der Waals surface area contributed by atoms with Crippen molar-refractivity contribution in [3.63, 3.8) is 0 Å². The molecule has 0 aromatic carbocycles. The molecule has 88 valence electrons. The summed E-state index contributed by atoms with van der Waals surface area (Å²) in [7, 11) is 2.00. The Morgan fingerprint density at radius 1 is 1.62 bits per heavy atom. The molecular formula is C11H16BrN3S. The third kappa shape index (κ3) is 3.49. The van der Waals surface area contributed by atoms with Gasteiger partial charge in [-0.3, -0.25) is 0 Å². The van der Waals surface area contributed by atoms with Gasteiger partial charge in [-0.1, -0.05) is 0 Å².